The molecule has 0 bridgehead atoms. The van der Waals surface area contributed by atoms with Crippen molar-refractivity contribution in [3.63, 3.8) is 0 Å². The number of nitrogens with zero attached hydrogens (tertiary/aromatic N) is 2. The third-order valence-electron chi connectivity index (χ3n) is 5.22. The molecule has 0 unspecified atom stereocenters. The lowest BCUT2D eigenvalue weighted by Crippen LogP contribution is -2.51. The predicted molar refractivity (Wildman–Crippen MR) is 92.6 cm³/mol. The second-order valence-electron chi connectivity index (χ2n) is 6.83. The van der Waals surface area contributed by atoms with Gasteiger partial charge in [-0.1, -0.05) is 33.1 Å². The van der Waals surface area contributed by atoms with Crippen LogP contribution in [0.1, 0.15) is 39.5 Å². The molecule has 0 saturated carbocycles. The highest BCUT2D eigenvalue weighted by Gasteiger charge is 2.39. The summed E-state index contributed by atoms with van der Waals surface area (Å²) in [5.74, 6) is 0.490. The van der Waals surface area contributed by atoms with Crippen LogP contribution in [0.5, 0.6) is 0 Å². The normalized spacial score (nSPS) is 26.3. The topological polar surface area (TPSA) is 87.9 Å². The molecular formula is C17H32N4O3. The monoisotopic (exact) mass is 340 g/mol. The maximum absolute atomic E-state index is 12.9. The second-order valence-corrected chi connectivity index (χ2v) is 6.83. The second kappa shape index (κ2) is 9.22. The van der Waals surface area contributed by atoms with E-state index in [1.807, 2.05) is 4.90 Å². The summed E-state index contributed by atoms with van der Waals surface area (Å²) in [6.07, 6.45) is 3.58. The Hall–Kier alpha value is -1.34. The number of hydrogen-bond acceptors (Lipinski definition) is 4. The van der Waals surface area contributed by atoms with Crippen LogP contribution in [0.4, 0.5) is 4.79 Å². The van der Waals surface area contributed by atoms with Crippen molar-refractivity contribution in [1.29, 1.82) is 0 Å². The summed E-state index contributed by atoms with van der Waals surface area (Å²) in [6.45, 7) is 9.16. The first-order chi connectivity index (χ1) is 11.6. The van der Waals surface area contributed by atoms with E-state index in [1.165, 1.54) is 0 Å². The summed E-state index contributed by atoms with van der Waals surface area (Å²) in [5, 5.41) is 2.63. The molecule has 2 heterocycles. The Morgan fingerprint density at radius 3 is 2.54 bits per heavy atom. The molecule has 0 radical (unpaired) electrons. The van der Waals surface area contributed by atoms with Gasteiger partial charge in [0.2, 0.25) is 5.91 Å². The fraction of sp³-hybridized carbons (Fsp3) is 0.882. The van der Waals surface area contributed by atoms with E-state index in [-0.39, 0.29) is 5.91 Å². The standard InChI is InChI=1S/C17H32N4O3/c1-3-5-6-14(19-17(18)23)16(22)21-11-13(4-2)15(12-21)20-7-9-24-10-8-20/h13-15H,3-12H2,1-2H3,(H3,18,19,23)/t13-,14+,15+/m1/s1. The van der Waals surface area contributed by atoms with Gasteiger partial charge in [-0.2, -0.15) is 0 Å². The zero-order valence-corrected chi connectivity index (χ0v) is 15.0. The van der Waals surface area contributed by atoms with Gasteiger partial charge in [-0.3, -0.25) is 9.69 Å². The van der Waals surface area contributed by atoms with E-state index in [0.29, 0.717) is 18.4 Å². The number of carbonyl (C=O) groups excluding carboxylic acids is 2. The Labute approximate surface area is 144 Å². The fourth-order valence-electron chi connectivity index (χ4n) is 3.82. The first-order valence-corrected chi connectivity index (χ1v) is 9.23. The molecule has 3 atom stereocenters. The Morgan fingerprint density at radius 2 is 1.96 bits per heavy atom. The molecule has 3 N–H and O–H groups in total. The highest BCUT2D eigenvalue weighted by Crippen LogP contribution is 2.26. The number of morpholine rings is 1. The Kier molecular flexibility index (Phi) is 7.30. The molecule has 0 aliphatic carbocycles. The summed E-state index contributed by atoms with van der Waals surface area (Å²) in [4.78, 5) is 28.5. The summed E-state index contributed by atoms with van der Waals surface area (Å²) in [6, 6.07) is -0.730. The number of amides is 3. The minimum atomic E-state index is -0.625. The largest absolute Gasteiger partial charge is 0.379 e. The van der Waals surface area contributed by atoms with Gasteiger partial charge in [-0.25, -0.2) is 4.79 Å². The van der Waals surface area contributed by atoms with E-state index in [0.717, 1.165) is 58.7 Å². The molecule has 2 fully saturated rings. The molecule has 2 aliphatic rings. The average molecular weight is 340 g/mol. The number of carbonyl (C=O) groups is 2. The molecule has 3 amide bonds. The summed E-state index contributed by atoms with van der Waals surface area (Å²) < 4.78 is 5.45. The van der Waals surface area contributed by atoms with Crippen LogP contribution in [0.25, 0.3) is 0 Å². The lowest BCUT2D eigenvalue weighted by Gasteiger charge is -2.34. The minimum Gasteiger partial charge on any atom is -0.379 e. The molecule has 2 saturated heterocycles. The van der Waals surface area contributed by atoms with E-state index in [9.17, 15) is 9.59 Å². The maximum Gasteiger partial charge on any atom is 0.312 e. The molecule has 0 aromatic heterocycles. The zero-order chi connectivity index (χ0) is 17.5. The van der Waals surface area contributed by atoms with Gasteiger partial charge in [-0.15, -0.1) is 0 Å². The average Bonchev–Trinajstić information content (AvgIpc) is 3.02. The Morgan fingerprint density at radius 1 is 1.25 bits per heavy atom. The smallest absolute Gasteiger partial charge is 0.312 e. The van der Waals surface area contributed by atoms with Gasteiger partial charge in [0.25, 0.3) is 0 Å². The van der Waals surface area contributed by atoms with E-state index >= 15 is 0 Å². The fourth-order valence-corrected chi connectivity index (χ4v) is 3.82. The first-order valence-electron chi connectivity index (χ1n) is 9.23. The SMILES string of the molecule is CCCC[C@H](NC(N)=O)C(=O)N1C[C@@H](CC)[C@@H](N2CCOCC2)C1. The van der Waals surface area contributed by atoms with Crippen LogP contribution in [-0.2, 0) is 9.53 Å². The van der Waals surface area contributed by atoms with Crippen molar-refractivity contribution < 1.29 is 14.3 Å². The molecule has 2 aliphatic heterocycles. The van der Waals surface area contributed by atoms with Crippen molar-refractivity contribution >= 4 is 11.9 Å². The van der Waals surface area contributed by atoms with Gasteiger partial charge in [0.15, 0.2) is 0 Å². The molecule has 138 valence electrons. The molecule has 2 rings (SSSR count). The lowest BCUT2D eigenvalue weighted by molar-refractivity contribution is -0.132. The Bertz CT molecular complexity index is 426. The number of hydrogen-bond donors (Lipinski definition) is 2. The van der Waals surface area contributed by atoms with Gasteiger partial charge in [0, 0.05) is 32.2 Å². The van der Waals surface area contributed by atoms with E-state index in [2.05, 4.69) is 24.1 Å². The number of unbranched alkanes of at least 4 members (excludes halogenated alkanes) is 1. The number of nitrogens with two attached hydrogens (primary N) is 1. The van der Waals surface area contributed by atoms with Gasteiger partial charge in [0.1, 0.15) is 6.04 Å². The number of likely N-dealkylation sites (tertiary alicyclic amines) is 1. The number of urea groups is 1. The first kappa shape index (κ1) is 19.0. The summed E-state index contributed by atoms with van der Waals surface area (Å²) in [7, 11) is 0. The third kappa shape index (κ3) is 4.83. The quantitative estimate of drug-likeness (QED) is 0.717. The predicted octanol–water partition coefficient (Wildman–Crippen LogP) is 0.783. The van der Waals surface area contributed by atoms with E-state index < -0.39 is 12.1 Å². The molecular weight excluding hydrogens is 308 g/mol. The van der Waals surface area contributed by atoms with Crippen LogP contribution < -0.4 is 11.1 Å². The number of ether oxygens (including phenoxy) is 1. The molecule has 0 spiro atoms. The third-order valence-corrected chi connectivity index (χ3v) is 5.22. The molecule has 7 heteroatoms. The van der Waals surface area contributed by atoms with Gasteiger partial charge >= 0.3 is 6.03 Å². The van der Waals surface area contributed by atoms with Crippen LogP contribution in [0.15, 0.2) is 0 Å². The zero-order valence-electron chi connectivity index (χ0n) is 15.0. The van der Waals surface area contributed by atoms with Crippen molar-refractivity contribution in [2.24, 2.45) is 11.7 Å². The molecule has 0 aromatic rings. The highest BCUT2D eigenvalue weighted by molar-refractivity contribution is 5.86. The van der Waals surface area contributed by atoms with E-state index in [1.54, 1.807) is 0 Å². The molecule has 7 nitrogen and oxygen atoms in total. The van der Waals surface area contributed by atoms with Crippen molar-refractivity contribution in [2.75, 3.05) is 39.4 Å². The van der Waals surface area contributed by atoms with Crippen molar-refractivity contribution in [2.45, 2.75) is 51.6 Å². The number of rotatable bonds is 7. The maximum atomic E-state index is 12.9. The lowest BCUT2D eigenvalue weighted by atomic mass is 9.99. The molecule has 24 heavy (non-hydrogen) atoms. The Balaban J connectivity index is 2.00. The summed E-state index contributed by atoms with van der Waals surface area (Å²) in [5.41, 5.74) is 5.26. The van der Waals surface area contributed by atoms with Crippen molar-refractivity contribution in [3.05, 3.63) is 0 Å². The highest BCUT2D eigenvalue weighted by atomic mass is 16.5. The van der Waals surface area contributed by atoms with Crippen LogP contribution >= 0.6 is 0 Å². The van der Waals surface area contributed by atoms with Crippen LogP contribution in [-0.4, -0.2) is 73.2 Å². The summed E-state index contributed by atoms with van der Waals surface area (Å²) >= 11 is 0. The number of primary amides is 1. The van der Waals surface area contributed by atoms with Crippen molar-refractivity contribution in [3.8, 4) is 0 Å². The molecule has 0 aromatic carbocycles. The van der Waals surface area contributed by atoms with Crippen LogP contribution in [0.2, 0.25) is 0 Å². The van der Waals surface area contributed by atoms with Gasteiger partial charge in [0.05, 0.1) is 13.2 Å². The van der Waals surface area contributed by atoms with Crippen LogP contribution in [0, 0.1) is 5.92 Å². The van der Waals surface area contributed by atoms with Gasteiger partial charge < -0.3 is 20.7 Å². The van der Waals surface area contributed by atoms with Crippen molar-refractivity contribution in [1.82, 2.24) is 15.1 Å². The van der Waals surface area contributed by atoms with Crippen LogP contribution in [0.3, 0.4) is 0 Å². The number of nitrogens with one attached hydrogen (secondary N) is 1. The minimum absolute atomic E-state index is 0.0106. The van der Waals surface area contributed by atoms with E-state index in [4.69, 9.17) is 10.5 Å². The van der Waals surface area contributed by atoms with Gasteiger partial charge in [-0.05, 0) is 12.3 Å².